The SMILES string of the molecule is CC=C1C(OC2OC(CO)C(O)C(O)C2O)CC=C(C(=O)OC)C1CC(=O)Oc1ccc(CCOC2OC(CO)C(O)C(O)C2O)cc1. The third-order valence-corrected chi connectivity index (χ3v) is 8.65. The van der Waals surface area contributed by atoms with E-state index < -0.39 is 98.6 Å². The van der Waals surface area contributed by atoms with Crippen LogP contribution in [0.3, 0.4) is 0 Å². The van der Waals surface area contributed by atoms with E-state index in [0.717, 1.165) is 5.56 Å². The van der Waals surface area contributed by atoms with Crippen molar-refractivity contribution in [2.75, 3.05) is 26.9 Å². The number of hydrogen-bond donors (Lipinski definition) is 8. The lowest BCUT2D eigenvalue weighted by atomic mass is 9.79. The number of aliphatic hydroxyl groups excluding tert-OH is 8. The van der Waals surface area contributed by atoms with Gasteiger partial charge in [0.1, 0.15) is 54.6 Å². The first-order chi connectivity index (χ1) is 22.9. The molecule has 268 valence electrons. The number of allylic oxidation sites excluding steroid dienone is 1. The highest BCUT2D eigenvalue weighted by Gasteiger charge is 2.46. The Morgan fingerprint density at radius 3 is 2.00 bits per heavy atom. The average molecular weight is 685 g/mol. The Morgan fingerprint density at radius 2 is 1.44 bits per heavy atom. The molecular formula is C32H44O16. The van der Waals surface area contributed by atoms with Crippen LogP contribution in [0.15, 0.2) is 47.6 Å². The van der Waals surface area contributed by atoms with E-state index in [1.807, 2.05) is 0 Å². The minimum Gasteiger partial charge on any atom is -0.466 e. The van der Waals surface area contributed by atoms with Gasteiger partial charge in [0.2, 0.25) is 0 Å². The lowest BCUT2D eigenvalue weighted by Gasteiger charge is -2.42. The molecule has 4 rings (SSSR count). The van der Waals surface area contributed by atoms with E-state index in [2.05, 4.69) is 0 Å². The number of methoxy groups -OCH3 is 1. The van der Waals surface area contributed by atoms with Gasteiger partial charge in [0.15, 0.2) is 12.6 Å². The van der Waals surface area contributed by atoms with Crippen LogP contribution in [0.5, 0.6) is 5.75 Å². The van der Waals surface area contributed by atoms with E-state index in [-0.39, 0.29) is 30.8 Å². The molecule has 48 heavy (non-hydrogen) atoms. The highest BCUT2D eigenvalue weighted by atomic mass is 16.7. The Balaban J connectivity index is 1.36. The predicted octanol–water partition coefficient (Wildman–Crippen LogP) is -2.41. The van der Waals surface area contributed by atoms with E-state index >= 15 is 0 Å². The second kappa shape index (κ2) is 17.2. The third-order valence-electron chi connectivity index (χ3n) is 8.65. The summed E-state index contributed by atoms with van der Waals surface area (Å²) in [7, 11) is 1.21. The first-order valence-electron chi connectivity index (χ1n) is 15.6. The maximum absolute atomic E-state index is 13.1. The van der Waals surface area contributed by atoms with Crippen LogP contribution in [0.1, 0.15) is 25.3 Å². The molecule has 12 atom stereocenters. The Morgan fingerprint density at radius 1 is 0.854 bits per heavy atom. The summed E-state index contributed by atoms with van der Waals surface area (Å²) in [4.78, 5) is 25.8. The number of carbonyl (C=O) groups is 2. The summed E-state index contributed by atoms with van der Waals surface area (Å²) in [5.41, 5.74) is 1.46. The van der Waals surface area contributed by atoms with Gasteiger partial charge in [0.25, 0.3) is 0 Å². The standard InChI is InChI=1S/C32H44O16/c1-3-17-19(18(30(42)43-2)8-9-20(17)46-32-29(41)27(39)25(37)22(14-34)48-32)12-23(35)45-16-6-4-15(5-7-16)10-11-44-31-28(40)26(38)24(36)21(13-33)47-31/h3-8,19-22,24-29,31-34,36-41H,9-14H2,1-2H3. The van der Waals surface area contributed by atoms with Crippen LogP contribution in [0.2, 0.25) is 0 Å². The van der Waals surface area contributed by atoms with Crippen LogP contribution in [-0.2, 0) is 39.7 Å². The summed E-state index contributed by atoms with van der Waals surface area (Å²) < 4.78 is 32.8. The summed E-state index contributed by atoms with van der Waals surface area (Å²) in [5, 5.41) is 79.5. The topological polar surface area (TPSA) is 251 Å². The fourth-order valence-electron chi connectivity index (χ4n) is 5.91. The van der Waals surface area contributed by atoms with Gasteiger partial charge in [-0.15, -0.1) is 0 Å². The molecule has 2 fully saturated rings. The second-order valence-electron chi connectivity index (χ2n) is 11.7. The van der Waals surface area contributed by atoms with Gasteiger partial charge in [-0.3, -0.25) is 4.79 Å². The van der Waals surface area contributed by atoms with Crippen molar-refractivity contribution in [1.82, 2.24) is 0 Å². The summed E-state index contributed by atoms with van der Waals surface area (Å²) in [6, 6.07) is 6.48. The lowest BCUT2D eigenvalue weighted by molar-refractivity contribution is -0.308. The van der Waals surface area contributed by atoms with Gasteiger partial charge >= 0.3 is 11.9 Å². The Kier molecular flexibility index (Phi) is 13.6. The molecule has 0 spiro atoms. The van der Waals surface area contributed by atoms with E-state index in [9.17, 15) is 50.4 Å². The zero-order chi connectivity index (χ0) is 35.1. The molecule has 3 aliphatic rings. The highest BCUT2D eigenvalue weighted by molar-refractivity contribution is 5.91. The van der Waals surface area contributed by atoms with Crippen molar-refractivity contribution in [2.45, 2.75) is 93.7 Å². The molecule has 0 saturated carbocycles. The Labute approximate surface area is 276 Å². The molecule has 1 aromatic carbocycles. The maximum atomic E-state index is 13.1. The minimum atomic E-state index is -1.65. The summed E-state index contributed by atoms with van der Waals surface area (Å²) in [6.45, 7) is 0.532. The van der Waals surface area contributed by atoms with E-state index in [1.54, 1.807) is 43.3 Å². The molecule has 2 heterocycles. The number of rotatable bonds is 12. The molecule has 2 saturated heterocycles. The molecule has 1 aromatic rings. The molecule has 0 amide bonds. The maximum Gasteiger partial charge on any atom is 0.334 e. The smallest absolute Gasteiger partial charge is 0.334 e. The zero-order valence-electron chi connectivity index (χ0n) is 26.5. The van der Waals surface area contributed by atoms with Crippen LogP contribution >= 0.6 is 0 Å². The summed E-state index contributed by atoms with van der Waals surface area (Å²) in [6.07, 6.45) is -11.8. The van der Waals surface area contributed by atoms with Crippen molar-refractivity contribution in [2.24, 2.45) is 5.92 Å². The van der Waals surface area contributed by atoms with Crippen molar-refractivity contribution < 1.29 is 78.9 Å². The first kappa shape index (κ1) is 38.0. The molecule has 0 aromatic heterocycles. The fourth-order valence-corrected chi connectivity index (χ4v) is 5.91. The van der Waals surface area contributed by atoms with Crippen molar-refractivity contribution in [3.8, 4) is 5.75 Å². The zero-order valence-corrected chi connectivity index (χ0v) is 26.5. The number of ether oxygens (including phenoxy) is 6. The molecule has 8 N–H and O–H groups in total. The fraction of sp³-hybridized carbons (Fsp3) is 0.625. The number of hydrogen-bond acceptors (Lipinski definition) is 16. The third kappa shape index (κ3) is 8.65. The molecule has 0 bridgehead atoms. The average Bonchev–Trinajstić information content (AvgIpc) is 3.08. The number of carbonyl (C=O) groups excluding carboxylic acids is 2. The molecule has 0 radical (unpaired) electrons. The van der Waals surface area contributed by atoms with Crippen LogP contribution in [0, 0.1) is 5.92 Å². The largest absolute Gasteiger partial charge is 0.466 e. The second-order valence-corrected chi connectivity index (χ2v) is 11.7. The highest BCUT2D eigenvalue weighted by Crippen LogP contribution is 2.37. The van der Waals surface area contributed by atoms with Crippen molar-refractivity contribution in [1.29, 1.82) is 0 Å². The number of aliphatic hydroxyl groups is 8. The molecule has 1 aliphatic carbocycles. The quantitative estimate of drug-likeness (QED) is 0.0649. The minimum absolute atomic E-state index is 0.0602. The Bertz CT molecular complexity index is 1280. The van der Waals surface area contributed by atoms with E-state index in [4.69, 9.17) is 28.4 Å². The molecule has 16 heteroatoms. The van der Waals surface area contributed by atoms with Crippen LogP contribution in [0.25, 0.3) is 0 Å². The van der Waals surface area contributed by atoms with Gasteiger partial charge < -0.3 is 69.3 Å². The molecule has 2 aliphatic heterocycles. The Hall–Kier alpha value is -2.84. The predicted molar refractivity (Wildman–Crippen MR) is 161 cm³/mol. The monoisotopic (exact) mass is 684 g/mol. The van der Waals surface area contributed by atoms with Gasteiger partial charge in [-0.1, -0.05) is 24.3 Å². The lowest BCUT2D eigenvalue weighted by Crippen LogP contribution is -2.59. The first-order valence-corrected chi connectivity index (χ1v) is 15.6. The van der Waals surface area contributed by atoms with Crippen LogP contribution in [0.4, 0.5) is 0 Å². The van der Waals surface area contributed by atoms with Gasteiger partial charge in [-0.25, -0.2) is 4.79 Å². The number of benzene rings is 1. The van der Waals surface area contributed by atoms with E-state index in [1.165, 1.54) is 7.11 Å². The molecular weight excluding hydrogens is 640 g/mol. The summed E-state index contributed by atoms with van der Waals surface area (Å²) in [5.74, 6) is -1.96. The van der Waals surface area contributed by atoms with Crippen molar-refractivity contribution in [3.05, 3.63) is 53.1 Å². The normalized spacial score (nSPS) is 36.4. The van der Waals surface area contributed by atoms with Gasteiger partial charge in [-0.05, 0) is 43.0 Å². The van der Waals surface area contributed by atoms with Crippen molar-refractivity contribution in [3.63, 3.8) is 0 Å². The molecule has 16 nitrogen and oxygen atoms in total. The van der Waals surface area contributed by atoms with Crippen molar-refractivity contribution >= 4 is 11.9 Å². The van der Waals surface area contributed by atoms with Gasteiger partial charge in [0, 0.05) is 11.5 Å². The molecule has 12 unspecified atom stereocenters. The van der Waals surface area contributed by atoms with Crippen LogP contribution < -0.4 is 4.74 Å². The van der Waals surface area contributed by atoms with Crippen LogP contribution in [-0.4, -0.2) is 147 Å². The van der Waals surface area contributed by atoms with Gasteiger partial charge in [0.05, 0.1) is 39.5 Å². The summed E-state index contributed by atoms with van der Waals surface area (Å²) >= 11 is 0. The van der Waals surface area contributed by atoms with E-state index in [0.29, 0.717) is 12.0 Å². The van der Waals surface area contributed by atoms with Gasteiger partial charge in [-0.2, -0.15) is 0 Å². The number of esters is 2.